The molecule has 1 rings (SSSR count). The van der Waals surface area contributed by atoms with Gasteiger partial charge in [-0.05, 0) is 0 Å². The number of nitrogens with zero attached hydrogens (tertiary/aromatic N) is 2. The van der Waals surface area contributed by atoms with E-state index in [0.717, 1.165) is 11.7 Å². The fraction of sp³-hybridized carbons (Fsp3) is 0.600. The zero-order chi connectivity index (χ0) is 8.10. The minimum atomic E-state index is -0.628. The summed E-state index contributed by atoms with van der Waals surface area (Å²) in [4.78, 5) is 0. The van der Waals surface area contributed by atoms with Crippen LogP contribution in [0.5, 0.6) is 5.88 Å². The van der Waals surface area contributed by atoms with Gasteiger partial charge in [0.2, 0.25) is 5.88 Å². The van der Waals surface area contributed by atoms with Crippen LogP contribution in [-0.4, -0.2) is 33.1 Å². The highest BCUT2D eigenvalue weighted by molar-refractivity contribution is 6.99. The van der Waals surface area contributed by atoms with Crippen molar-refractivity contribution < 1.29 is 9.84 Å². The van der Waals surface area contributed by atoms with E-state index in [9.17, 15) is 0 Å². The number of ether oxygens (including phenoxy) is 1. The van der Waals surface area contributed by atoms with Crippen molar-refractivity contribution in [2.45, 2.75) is 6.10 Å². The number of nitrogens with two attached hydrogens (primary N) is 1. The molecule has 1 aromatic heterocycles. The molecule has 0 bridgehead atoms. The Balaban J connectivity index is 2.23. The standard InChI is InChI=1S/C5H9N3O2S/c6-1-4(9)3-10-5-2-7-11-8-5/h2,4,9H,1,3,6H2. The van der Waals surface area contributed by atoms with Crippen molar-refractivity contribution in [2.24, 2.45) is 5.73 Å². The van der Waals surface area contributed by atoms with E-state index in [1.165, 1.54) is 6.20 Å². The van der Waals surface area contributed by atoms with E-state index in [4.69, 9.17) is 15.6 Å². The molecular weight excluding hydrogens is 166 g/mol. The topological polar surface area (TPSA) is 81.3 Å². The summed E-state index contributed by atoms with van der Waals surface area (Å²) in [5, 5.41) is 8.96. The molecule has 0 saturated heterocycles. The molecule has 6 heteroatoms. The third kappa shape index (κ3) is 2.79. The van der Waals surface area contributed by atoms with E-state index in [2.05, 4.69) is 8.75 Å². The smallest absolute Gasteiger partial charge is 0.245 e. The molecule has 1 atom stereocenters. The van der Waals surface area contributed by atoms with Gasteiger partial charge < -0.3 is 15.6 Å². The highest BCUT2D eigenvalue weighted by atomic mass is 32.1. The van der Waals surface area contributed by atoms with E-state index in [0.29, 0.717) is 5.88 Å². The van der Waals surface area contributed by atoms with E-state index < -0.39 is 6.10 Å². The Morgan fingerprint density at radius 1 is 1.82 bits per heavy atom. The summed E-state index contributed by atoms with van der Waals surface area (Å²) in [5.41, 5.74) is 5.15. The van der Waals surface area contributed by atoms with Crippen LogP contribution in [-0.2, 0) is 0 Å². The van der Waals surface area contributed by atoms with Crippen LogP contribution in [0.4, 0.5) is 0 Å². The van der Waals surface area contributed by atoms with Crippen molar-refractivity contribution >= 4 is 11.7 Å². The van der Waals surface area contributed by atoms with Crippen LogP contribution < -0.4 is 10.5 Å². The fourth-order valence-corrected chi connectivity index (χ4v) is 0.834. The average molecular weight is 175 g/mol. The van der Waals surface area contributed by atoms with Crippen molar-refractivity contribution in [3.63, 3.8) is 0 Å². The second-order valence-electron chi connectivity index (χ2n) is 1.95. The Bertz CT molecular complexity index is 192. The van der Waals surface area contributed by atoms with Crippen molar-refractivity contribution in [1.82, 2.24) is 8.75 Å². The second-order valence-corrected chi connectivity index (χ2v) is 2.50. The van der Waals surface area contributed by atoms with Crippen molar-refractivity contribution in [3.05, 3.63) is 6.20 Å². The molecule has 0 spiro atoms. The minimum absolute atomic E-state index is 0.169. The van der Waals surface area contributed by atoms with E-state index in [-0.39, 0.29) is 13.2 Å². The normalized spacial score (nSPS) is 12.9. The molecule has 0 amide bonds. The molecule has 0 aliphatic rings. The number of aliphatic hydroxyl groups is 1. The highest BCUT2D eigenvalue weighted by Crippen LogP contribution is 2.04. The van der Waals surface area contributed by atoms with Crippen LogP contribution in [0, 0.1) is 0 Å². The Morgan fingerprint density at radius 3 is 3.18 bits per heavy atom. The van der Waals surface area contributed by atoms with Crippen LogP contribution in [0.1, 0.15) is 0 Å². The summed E-state index contributed by atoms with van der Waals surface area (Å²) in [6, 6.07) is 0. The third-order valence-electron chi connectivity index (χ3n) is 1.04. The van der Waals surface area contributed by atoms with Crippen molar-refractivity contribution in [3.8, 4) is 5.88 Å². The van der Waals surface area contributed by atoms with Gasteiger partial charge in [-0.2, -0.15) is 4.37 Å². The van der Waals surface area contributed by atoms with E-state index >= 15 is 0 Å². The monoisotopic (exact) mass is 175 g/mol. The van der Waals surface area contributed by atoms with Gasteiger partial charge in [0, 0.05) is 6.54 Å². The van der Waals surface area contributed by atoms with Gasteiger partial charge >= 0.3 is 0 Å². The molecule has 1 unspecified atom stereocenters. The highest BCUT2D eigenvalue weighted by Gasteiger charge is 2.02. The van der Waals surface area contributed by atoms with Gasteiger partial charge in [-0.1, -0.05) is 0 Å². The predicted molar refractivity (Wildman–Crippen MR) is 40.5 cm³/mol. The lowest BCUT2D eigenvalue weighted by atomic mass is 10.4. The van der Waals surface area contributed by atoms with Crippen molar-refractivity contribution in [2.75, 3.05) is 13.2 Å². The lowest BCUT2D eigenvalue weighted by Crippen LogP contribution is -2.26. The summed E-state index contributed by atoms with van der Waals surface area (Å²) in [6.07, 6.45) is 0.866. The first-order chi connectivity index (χ1) is 5.33. The van der Waals surface area contributed by atoms with Gasteiger partial charge in [0.1, 0.15) is 18.9 Å². The molecule has 0 saturated carbocycles. The molecule has 0 aliphatic carbocycles. The van der Waals surface area contributed by atoms with Gasteiger partial charge in [0.15, 0.2) is 0 Å². The summed E-state index contributed by atoms with van der Waals surface area (Å²) in [5.74, 6) is 0.433. The first-order valence-electron chi connectivity index (χ1n) is 3.11. The van der Waals surface area contributed by atoms with E-state index in [1.54, 1.807) is 0 Å². The Labute approximate surface area is 68.1 Å². The summed E-state index contributed by atoms with van der Waals surface area (Å²) < 4.78 is 12.5. The van der Waals surface area contributed by atoms with Crippen LogP contribution in [0.2, 0.25) is 0 Å². The fourth-order valence-electron chi connectivity index (χ4n) is 0.469. The number of rotatable bonds is 4. The largest absolute Gasteiger partial charge is 0.473 e. The van der Waals surface area contributed by atoms with Crippen LogP contribution >= 0.6 is 11.7 Å². The SMILES string of the molecule is NCC(O)COc1cnsn1. The number of aromatic nitrogens is 2. The molecular formula is C5H9N3O2S. The molecule has 3 N–H and O–H groups in total. The quantitative estimate of drug-likeness (QED) is 0.628. The van der Waals surface area contributed by atoms with Crippen LogP contribution in [0.15, 0.2) is 6.20 Å². The Hall–Kier alpha value is -0.720. The third-order valence-corrected chi connectivity index (χ3v) is 1.50. The van der Waals surface area contributed by atoms with Gasteiger partial charge in [-0.3, -0.25) is 0 Å². The number of hydrogen-bond donors (Lipinski definition) is 2. The maximum Gasteiger partial charge on any atom is 0.245 e. The Kier molecular flexibility index (Phi) is 3.21. The summed E-state index contributed by atoms with van der Waals surface area (Å²) in [7, 11) is 0. The summed E-state index contributed by atoms with van der Waals surface area (Å²) >= 11 is 1.06. The van der Waals surface area contributed by atoms with Crippen molar-refractivity contribution in [1.29, 1.82) is 0 Å². The van der Waals surface area contributed by atoms with E-state index in [1.807, 2.05) is 0 Å². The van der Waals surface area contributed by atoms with Gasteiger partial charge in [-0.15, -0.1) is 4.37 Å². The molecule has 0 aliphatic heterocycles. The number of hydrogen-bond acceptors (Lipinski definition) is 6. The molecule has 62 valence electrons. The first-order valence-corrected chi connectivity index (χ1v) is 3.84. The molecule has 0 radical (unpaired) electrons. The Morgan fingerprint density at radius 2 is 2.64 bits per heavy atom. The summed E-state index contributed by atoms with van der Waals surface area (Å²) in [6.45, 7) is 0.361. The molecule has 1 aromatic rings. The van der Waals surface area contributed by atoms with Crippen LogP contribution in [0.25, 0.3) is 0 Å². The lowest BCUT2D eigenvalue weighted by Gasteiger charge is -2.06. The molecule has 0 aromatic carbocycles. The van der Waals surface area contributed by atoms with Gasteiger partial charge in [-0.25, -0.2) is 0 Å². The van der Waals surface area contributed by atoms with Crippen LogP contribution in [0.3, 0.4) is 0 Å². The molecule has 11 heavy (non-hydrogen) atoms. The van der Waals surface area contributed by atoms with Gasteiger partial charge in [0.25, 0.3) is 0 Å². The van der Waals surface area contributed by atoms with Gasteiger partial charge in [0.05, 0.1) is 11.7 Å². The molecule has 1 heterocycles. The average Bonchev–Trinajstić information content (AvgIpc) is 2.52. The maximum absolute atomic E-state index is 8.96. The second kappa shape index (κ2) is 4.22. The molecule has 0 fully saturated rings. The zero-order valence-electron chi connectivity index (χ0n) is 5.80. The molecule has 5 nitrogen and oxygen atoms in total. The maximum atomic E-state index is 8.96. The zero-order valence-corrected chi connectivity index (χ0v) is 6.62. The predicted octanol–water partition coefficient (Wildman–Crippen LogP) is -0.764. The first kappa shape index (κ1) is 8.38. The number of aliphatic hydroxyl groups excluding tert-OH is 1. The minimum Gasteiger partial charge on any atom is -0.473 e. The lowest BCUT2D eigenvalue weighted by molar-refractivity contribution is 0.112.